The molecule has 0 aliphatic carbocycles. The lowest BCUT2D eigenvalue weighted by molar-refractivity contribution is 0.341. The van der Waals surface area contributed by atoms with Crippen LogP contribution in [0.4, 0.5) is 0 Å². The van der Waals surface area contributed by atoms with E-state index in [4.69, 9.17) is 4.74 Å². The Morgan fingerprint density at radius 2 is 2.20 bits per heavy atom. The fourth-order valence-corrected chi connectivity index (χ4v) is 2.27. The first-order valence-corrected chi connectivity index (χ1v) is 6.41. The molecule has 3 aromatic rings. The first-order valence-electron chi connectivity index (χ1n) is 6.41. The molecule has 0 spiro atoms. The third-order valence-electron chi connectivity index (χ3n) is 3.14. The highest BCUT2D eigenvalue weighted by molar-refractivity contribution is 5.77. The Hall–Kier alpha value is -2.80. The van der Waals surface area contributed by atoms with Crippen molar-refractivity contribution in [2.75, 3.05) is 6.61 Å². The standard InChI is InChI=1S/C16H13N3O/c1-2-20-15-5-3-4-12(8-17)16(15)13-6-7-14-9-18-11-19(14)10-13/h3-7,9-11H,2H2,1H3. The predicted octanol–water partition coefficient (Wildman–Crippen LogP) is 3.27. The van der Waals surface area contributed by atoms with E-state index in [1.54, 1.807) is 18.6 Å². The van der Waals surface area contributed by atoms with Gasteiger partial charge in [-0.05, 0) is 25.1 Å². The minimum absolute atomic E-state index is 0.565. The average molecular weight is 263 g/mol. The molecule has 0 aliphatic rings. The third kappa shape index (κ3) is 1.99. The lowest BCUT2D eigenvalue weighted by Gasteiger charge is -2.12. The number of ether oxygens (including phenoxy) is 1. The maximum atomic E-state index is 9.32. The molecule has 0 unspecified atom stereocenters. The second-order valence-corrected chi connectivity index (χ2v) is 4.37. The number of aromatic nitrogens is 2. The van der Waals surface area contributed by atoms with Gasteiger partial charge in [-0.2, -0.15) is 5.26 Å². The van der Waals surface area contributed by atoms with Gasteiger partial charge in [-0.3, -0.25) is 0 Å². The van der Waals surface area contributed by atoms with E-state index in [0.717, 1.165) is 22.4 Å². The Labute approximate surface area is 116 Å². The monoisotopic (exact) mass is 263 g/mol. The van der Waals surface area contributed by atoms with E-state index in [-0.39, 0.29) is 0 Å². The molecule has 0 bridgehead atoms. The van der Waals surface area contributed by atoms with Crippen molar-refractivity contribution >= 4 is 5.52 Å². The largest absolute Gasteiger partial charge is 0.493 e. The predicted molar refractivity (Wildman–Crippen MR) is 76.5 cm³/mol. The van der Waals surface area contributed by atoms with Crippen LogP contribution < -0.4 is 4.74 Å². The Bertz CT molecular complexity index is 799. The van der Waals surface area contributed by atoms with Gasteiger partial charge in [0.1, 0.15) is 5.75 Å². The van der Waals surface area contributed by atoms with Crippen molar-refractivity contribution in [2.45, 2.75) is 6.92 Å². The number of nitrogens with zero attached hydrogens (tertiary/aromatic N) is 3. The molecule has 20 heavy (non-hydrogen) atoms. The van der Waals surface area contributed by atoms with Crippen LogP contribution in [0, 0.1) is 11.3 Å². The minimum Gasteiger partial charge on any atom is -0.493 e. The van der Waals surface area contributed by atoms with Crippen LogP contribution in [-0.2, 0) is 0 Å². The van der Waals surface area contributed by atoms with Crippen LogP contribution in [0.5, 0.6) is 5.75 Å². The molecule has 0 radical (unpaired) electrons. The van der Waals surface area contributed by atoms with E-state index in [9.17, 15) is 5.26 Å². The highest BCUT2D eigenvalue weighted by Gasteiger charge is 2.12. The SMILES string of the molecule is CCOc1cccc(C#N)c1-c1ccc2cncn2c1. The summed E-state index contributed by atoms with van der Waals surface area (Å²) in [6, 6.07) is 11.7. The van der Waals surface area contributed by atoms with Crippen molar-refractivity contribution in [1.82, 2.24) is 9.38 Å². The van der Waals surface area contributed by atoms with E-state index in [0.29, 0.717) is 12.2 Å². The molecule has 0 saturated heterocycles. The fourth-order valence-electron chi connectivity index (χ4n) is 2.27. The maximum absolute atomic E-state index is 9.32. The minimum atomic E-state index is 0.565. The molecule has 0 amide bonds. The van der Waals surface area contributed by atoms with Crippen LogP contribution in [0.3, 0.4) is 0 Å². The molecule has 3 rings (SSSR count). The van der Waals surface area contributed by atoms with E-state index < -0.39 is 0 Å². The zero-order chi connectivity index (χ0) is 13.9. The molecule has 4 heteroatoms. The lowest BCUT2D eigenvalue weighted by Crippen LogP contribution is -1.97. The number of imidazole rings is 1. The summed E-state index contributed by atoms with van der Waals surface area (Å²) < 4.78 is 7.58. The molecular formula is C16H13N3O. The van der Waals surface area contributed by atoms with Crippen LogP contribution in [-0.4, -0.2) is 16.0 Å². The van der Waals surface area contributed by atoms with Crippen molar-refractivity contribution in [2.24, 2.45) is 0 Å². The van der Waals surface area contributed by atoms with Crippen molar-refractivity contribution in [1.29, 1.82) is 5.26 Å². The number of benzene rings is 1. The smallest absolute Gasteiger partial charge is 0.128 e. The molecular weight excluding hydrogens is 250 g/mol. The highest BCUT2D eigenvalue weighted by Crippen LogP contribution is 2.33. The van der Waals surface area contributed by atoms with E-state index in [1.807, 2.05) is 41.8 Å². The molecule has 1 aromatic carbocycles. The molecule has 0 aliphatic heterocycles. The lowest BCUT2D eigenvalue weighted by atomic mass is 10.0. The Kier molecular flexibility index (Phi) is 3.10. The third-order valence-corrected chi connectivity index (χ3v) is 3.14. The fraction of sp³-hybridized carbons (Fsp3) is 0.125. The van der Waals surface area contributed by atoms with Gasteiger partial charge in [-0.1, -0.05) is 12.1 Å². The Morgan fingerprint density at radius 3 is 3.00 bits per heavy atom. The molecule has 0 fully saturated rings. The number of hydrogen-bond acceptors (Lipinski definition) is 3. The molecule has 0 N–H and O–H groups in total. The van der Waals surface area contributed by atoms with Gasteiger partial charge in [0.15, 0.2) is 0 Å². The zero-order valence-corrected chi connectivity index (χ0v) is 11.1. The summed E-state index contributed by atoms with van der Waals surface area (Å²) in [6.45, 7) is 2.50. The Balaban J connectivity index is 2.23. The van der Waals surface area contributed by atoms with Gasteiger partial charge in [0.25, 0.3) is 0 Å². The Morgan fingerprint density at radius 1 is 1.30 bits per heavy atom. The summed E-state index contributed by atoms with van der Waals surface area (Å²) in [4.78, 5) is 4.10. The zero-order valence-electron chi connectivity index (χ0n) is 11.1. The first-order chi connectivity index (χ1) is 9.83. The summed E-state index contributed by atoms with van der Waals surface area (Å²) in [5, 5.41) is 9.32. The number of fused-ring (bicyclic) bond motifs is 1. The van der Waals surface area contributed by atoms with Crippen LogP contribution in [0.25, 0.3) is 16.6 Å². The number of nitriles is 1. The summed E-state index contributed by atoms with van der Waals surface area (Å²) >= 11 is 0. The van der Waals surface area contributed by atoms with Gasteiger partial charge in [0, 0.05) is 17.3 Å². The van der Waals surface area contributed by atoms with Crippen LogP contribution in [0.15, 0.2) is 49.1 Å². The van der Waals surface area contributed by atoms with E-state index in [1.165, 1.54) is 0 Å². The molecule has 98 valence electrons. The van der Waals surface area contributed by atoms with Crippen molar-refractivity contribution < 1.29 is 4.74 Å². The van der Waals surface area contributed by atoms with Gasteiger partial charge in [0.05, 0.1) is 36.3 Å². The van der Waals surface area contributed by atoms with Gasteiger partial charge in [-0.15, -0.1) is 0 Å². The van der Waals surface area contributed by atoms with Crippen LogP contribution >= 0.6 is 0 Å². The average Bonchev–Trinajstić information content (AvgIpc) is 2.94. The van der Waals surface area contributed by atoms with Gasteiger partial charge >= 0.3 is 0 Å². The number of pyridine rings is 1. The quantitative estimate of drug-likeness (QED) is 0.728. The van der Waals surface area contributed by atoms with E-state index in [2.05, 4.69) is 11.1 Å². The topological polar surface area (TPSA) is 50.3 Å². The number of hydrogen-bond donors (Lipinski definition) is 0. The molecule has 2 heterocycles. The van der Waals surface area contributed by atoms with Crippen molar-refractivity contribution in [3.63, 3.8) is 0 Å². The molecule has 0 atom stereocenters. The summed E-state index contributed by atoms with van der Waals surface area (Å²) in [7, 11) is 0. The molecule has 2 aromatic heterocycles. The molecule has 4 nitrogen and oxygen atoms in total. The second kappa shape index (κ2) is 5.06. The highest BCUT2D eigenvalue weighted by atomic mass is 16.5. The number of rotatable bonds is 3. The van der Waals surface area contributed by atoms with Gasteiger partial charge in [0.2, 0.25) is 0 Å². The second-order valence-electron chi connectivity index (χ2n) is 4.37. The van der Waals surface area contributed by atoms with Crippen LogP contribution in [0.2, 0.25) is 0 Å². The van der Waals surface area contributed by atoms with Gasteiger partial charge < -0.3 is 9.14 Å². The van der Waals surface area contributed by atoms with Crippen molar-refractivity contribution in [3.05, 3.63) is 54.6 Å². The van der Waals surface area contributed by atoms with Crippen molar-refractivity contribution in [3.8, 4) is 22.9 Å². The normalized spacial score (nSPS) is 10.4. The maximum Gasteiger partial charge on any atom is 0.128 e. The van der Waals surface area contributed by atoms with Crippen LogP contribution in [0.1, 0.15) is 12.5 Å². The summed E-state index contributed by atoms with van der Waals surface area (Å²) in [6.07, 6.45) is 5.50. The summed E-state index contributed by atoms with van der Waals surface area (Å²) in [5.41, 5.74) is 3.39. The van der Waals surface area contributed by atoms with Gasteiger partial charge in [-0.25, -0.2) is 4.98 Å². The van der Waals surface area contributed by atoms with E-state index >= 15 is 0 Å². The molecule has 0 saturated carbocycles. The first kappa shape index (κ1) is 12.2. The summed E-state index contributed by atoms with van der Waals surface area (Å²) in [5.74, 6) is 0.728.